The Balaban J connectivity index is 1.55. The summed E-state index contributed by atoms with van der Waals surface area (Å²) in [5.41, 5.74) is 4.19. The van der Waals surface area contributed by atoms with E-state index in [2.05, 4.69) is 0 Å². The fraction of sp³-hybridized carbons (Fsp3) is 0.263. The second kappa shape index (κ2) is 6.38. The quantitative estimate of drug-likeness (QED) is 0.865. The van der Waals surface area contributed by atoms with Gasteiger partial charge in [-0.1, -0.05) is 48.5 Å². The molecule has 7 nitrogen and oxygen atoms in total. The summed E-state index contributed by atoms with van der Waals surface area (Å²) in [5.74, 6) is -2.76. The van der Waals surface area contributed by atoms with E-state index in [1.165, 1.54) is 0 Å². The maximum Gasteiger partial charge on any atom is 0.411 e. The van der Waals surface area contributed by atoms with Gasteiger partial charge in [0.2, 0.25) is 0 Å². The van der Waals surface area contributed by atoms with E-state index in [-0.39, 0.29) is 12.5 Å². The number of aliphatic carboxylic acids is 1. The minimum Gasteiger partial charge on any atom is -0.480 e. The minimum atomic E-state index is -3.63. The van der Waals surface area contributed by atoms with Gasteiger partial charge < -0.3 is 9.84 Å². The number of carbonyl (C=O) groups excluding carboxylic acids is 1. The zero-order valence-electron chi connectivity index (χ0n) is 14.2. The van der Waals surface area contributed by atoms with E-state index >= 15 is 0 Å². The number of rotatable bonds is 3. The van der Waals surface area contributed by atoms with Crippen LogP contribution < -0.4 is 0 Å². The molecule has 1 N–H and O–H groups in total. The fourth-order valence-corrected chi connectivity index (χ4v) is 5.36. The lowest BCUT2D eigenvalue weighted by molar-refractivity contribution is -0.141. The topological polar surface area (TPSA) is 101 Å². The zero-order valence-corrected chi connectivity index (χ0v) is 15.1. The first kappa shape index (κ1) is 17.5. The van der Waals surface area contributed by atoms with Crippen molar-refractivity contribution in [2.45, 2.75) is 12.0 Å². The van der Waals surface area contributed by atoms with Crippen molar-refractivity contribution in [1.29, 1.82) is 0 Å². The van der Waals surface area contributed by atoms with Crippen LogP contribution in [0, 0.1) is 0 Å². The van der Waals surface area contributed by atoms with Crippen molar-refractivity contribution in [2.75, 3.05) is 18.2 Å². The Kier molecular flexibility index (Phi) is 4.15. The summed E-state index contributed by atoms with van der Waals surface area (Å²) in [6.45, 7) is 0.00967. The van der Waals surface area contributed by atoms with Crippen LogP contribution in [0.3, 0.4) is 0 Å². The number of nitrogens with zero attached hydrogens (tertiary/aromatic N) is 1. The number of sulfone groups is 1. The highest BCUT2D eigenvalue weighted by atomic mass is 32.2. The van der Waals surface area contributed by atoms with Gasteiger partial charge in [-0.25, -0.2) is 18.0 Å². The molecule has 0 bridgehead atoms. The zero-order chi connectivity index (χ0) is 19.2. The number of ether oxygens (including phenoxy) is 1. The molecule has 1 fully saturated rings. The number of amides is 1. The summed E-state index contributed by atoms with van der Waals surface area (Å²) in [4.78, 5) is 24.5. The van der Waals surface area contributed by atoms with Crippen LogP contribution in [0.5, 0.6) is 0 Å². The molecule has 1 aliphatic heterocycles. The van der Waals surface area contributed by atoms with Crippen molar-refractivity contribution >= 4 is 21.9 Å². The van der Waals surface area contributed by atoms with Crippen molar-refractivity contribution in [3.8, 4) is 11.1 Å². The molecule has 1 unspecified atom stereocenters. The van der Waals surface area contributed by atoms with E-state index in [0.29, 0.717) is 0 Å². The van der Waals surface area contributed by atoms with Crippen LogP contribution in [0.1, 0.15) is 17.0 Å². The molecule has 2 aromatic rings. The molecule has 2 aliphatic rings. The van der Waals surface area contributed by atoms with Gasteiger partial charge >= 0.3 is 12.1 Å². The first-order valence-corrected chi connectivity index (χ1v) is 10.2. The summed E-state index contributed by atoms with van der Waals surface area (Å²) in [5, 5.41) is 9.19. The molecule has 0 saturated carbocycles. The third-order valence-electron chi connectivity index (χ3n) is 4.98. The molecule has 140 valence electrons. The van der Waals surface area contributed by atoms with E-state index in [4.69, 9.17) is 4.74 Å². The summed E-state index contributed by atoms with van der Waals surface area (Å²) >= 11 is 0. The molecular weight excluding hydrogens is 370 g/mol. The van der Waals surface area contributed by atoms with Crippen LogP contribution in [0.25, 0.3) is 11.1 Å². The van der Waals surface area contributed by atoms with Crippen LogP contribution in [0.15, 0.2) is 48.5 Å². The molecule has 0 aromatic heterocycles. The third kappa shape index (κ3) is 3.06. The van der Waals surface area contributed by atoms with Crippen LogP contribution >= 0.6 is 0 Å². The predicted molar refractivity (Wildman–Crippen MR) is 97.0 cm³/mol. The van der Waals surface area contributed by atoms with E-state index in [9.17, 15) is 23.1 Å². The van der Waals surface area contributed by atoms with Crippen molar-refractivity contribution in [3.05, 3.63) is 59.7 Å². The first-order valence-electron chi connectivity index (χ1n) is 8.42. The maximum atomic E-state index is 12.4. The molecule has 1 saturated heterocycles. The average Bonchev–Trinajstić information content (AvgIpc) is 3.14. The van der Waals surface area contributed by atoms with Crippen molar-refractivity contribution < 1.29 is 27.9 Å². The summed E-state index contributed by atoms with van der Waals surface area (Å²) in [6.07, 6.45) is -0.926. The second-order valence-corrected chi connectivity index (χ2v) is 8.75. The van der Waals surface area contributed by atoms with Crippen molar-refractivity contribution in [2.24, 2.45) is 0 Å². The Hall–Kier alpha value is -2.87. The number of hydrogen-bond acceptors (Lipinski definition) is 5. The van der Waals surface area contributed by atoms with Gasteiger partial charge in [-0.15, -0.1) is 0 Å². The molecule has 2 aromatic carbocycles. The molecular formula is C19H17NO6S. The average molecular weight is 387 g/mol. The summed E-state index contributed by atoms with van der Waals surface area (Å²) < 4.78 is 28.8. The highest BCUT2D eigenvalue weighted by molar-refractivity contribution is 7.91. The summed E-state index contributed by atoms with van der Waals surface area (Å²) in [6, 6.07) is 14.2. The third-order valence-corrected chi connectivity index (χ3v) is 6.47. The van der Waals surface area contributed by atoms with Crippen LogP contribution in [-0.2, 0) is 19.4 Å². The smallest absolute Gasteiger partial charge is 0.411 e. The largest absolute Gasteiger partial charge is 0.480 e. The predicted octanol–water partition coefficient (Wildman–Crippen LogP) is 2.08. The van der Waals surface area contributed by atoms with Crippen LogP contribution in [0.4, 0.5) is 4.79 Å². The Labute approximate surface area is 156 Å². The molecule has 1 heterocycles. The molecule has 0 spiro atoms. The molecule has 0 radical (unpaired) electrons. The molecule has 4 rings (SSSR count). The van der Waals surface area contributed by atoms with Gasteiger partial charge in [0.05, 0.1) is 5.75 Å². The normalized spacial score (nSPS) is 20.1. The number of carboxylic acid groups (broad SMARTS) is 1. The minimum absolute atomic E-state index is 0.00967. The van der Waals surface area contributed by atoms with Gasteiger partial charge in [0.15, 0.2) is 9.84 Å². The van der Waals surface area contributed by atoms with Crippen LogP contribution in [-0.4, -0.2) is 54.8 Å². The molecule has 1 aliphatic carbocycles. The maximum absolute atomic E-state index is 12.4. The number of fused-ring (bicyclic) bond motifs is 3. The number of benzene rings is 2. The van der Waals surface area contributed by atoms with Gasteiger partial charge in [-0.2, -0.15) is 0 Å². The SMILES string of the molecule is O=C(O)C1CS(=O)(=O)CN1C(=O)OCC1c2ccccc2-c2ccccc21. The highest BCUT2D eigenvalue weighted by Gasteiger charge is 2.44. The molecule has 8 heteroatoms. The molecule has 1 atom stereocenters. The monoisotopic (exact) mass is 387 g/mol. The van der Waals surface area contributed by atoms with E-state index < -0.39 is 39.6 Å². The van der Waals surface area contributed by atoms with E-state index in [1.807, 2.05) is 48.5 Å². The second-order valence-electron chi connectivity index (χ2n) is 6.67. The van der Waals surface area contributed by atoms with Gasteiger partial charge in [0.1, 0.15) is 18.5 Å². The standard InChI is InChI=1S/C19H17NO6S/c21-18(22)17-10-27(24,25)11-20(17)19(23)26-9-16-14-7-3-1-5-12(14)13-6-2-4-8-15(13)16/h1-8,16-17H,9-11H2,(H,21,22). The number of carbonyl (C=O) groups is 2. The van der Waals surface area contributed by atoms with Crippen molar-refractivity contribution in [3.63, 3.8) is 0 Å². The highest BCUT2D eigenvalue weighted by Crippen LogP contribution is 2.44. The lowest BCUT2D eigenvalue weighted by Crippen LogP contribution is -2.42. The van der Waals surface area contributed by atoms with Gasteiger partial charge in [-0.05, 0) is 22.3 Å². The van der Waals surface area contributed by atoms with E-state index in [1.54, 1.807) is 0 Å². The Bertz CT molecular complexity index is 987. The Morgan fingerprint density at radius 2 is 1.59 bits per heavy atom. The molecule has 1 amide bonds. The molecule has 27 heavy (non-hydrogen) atoms. The lowest BCUT2D eigenvalue weighted by atomic mass is 9.98. The van der Waals surface area contributed by atoms with Crippen LogP contribution in [0.2, 0.25) is 0 Å². The Morgan fingerprint density at radius 1 is 1.04 bits per heavy atom. The number of hydrogen-bond donors (Lipinski definition) is 1. The Morgan fingerprint density at radius 3 is 2.15 bits per heavy atom. The number of carboxylic acids is 1. The first-order chi connectivity index (χ1) is 12.9. The van der Waals surface area contributed by atoms with Gasteiger partial charge in [0.25, 0.3) is 0 Å². The van der Waals surface area contributed by atoms with Gasteiger partial charge in [0, 0.05) is 5.92 Å². The van der Waals surface area contributed by atoms with Crippen molar-refractivity contribution in [1.82, 2.24) is 4.90 Å². The van der Waals surface area contributed by atoms with E-state index in [0.717, 1.165) is 27.2 Å². The summed E-state index contributed by atoms with van der Waals surface area (Å²) in [7, 11) is -3.63. The lowest BCUT2D eigenvalue weighted by Gasteiger charge is -2.21. The fourth-order valence-electron chi connectivity index (χ4n) is 3.75. The van der Waals surface area contributed by atoms with Gasteiger partial charge in [-0.3, -0.25) is 4.90 Å².